The summed E-state index contributed by atoms with van der Waals surface area (Å²) < 4.78 is 0. The van der Waals surface area contributed by atoms with E-state index in [2.05, 4.69) is 54.2 Å². The van der Waals surface area contributed by atoms with Crippen molar-refractivity contribution in [1.29, 1.82) is 0 Å². The first-order valence-electron chi connectivity index (χ1n) is 6.49. The van der Waals surface area contributed by atoms with E-state index in [1.54, 1.807) is 0 Å². The first-order valence-corrected chi connectivity index (χ1v) is 6.49. The van der Waals surface area contributed by atoms with E-state index in [0.29, 0.717) is 6.04 Å². The molecule has 92 valence electrons. The summed E-state index contributed by atoms with van der Waals surface area (Å²) in [5, 5.41) is 0. The van der Waals surface area contributed by atoms with Gasteiger partial charge < -0.3 is 4.90 Å². The molecular weight excluding hydrogens is 220 g/mol. The van der Waals surface area contributed by atoms with Crippen LogP contribution in [0.2, 0.25) is 0 Å². The second kappa shape index (κ2) is 4.45. The van der Waals surface area contributed by atoms with Crippen molar-refractivity contribution in [2.75, 3.05) is 11.9 Å². The number of benzene rings is 1. The van der Waals surface area contributed by atoms with Gasteiger partial charge in [0.2, 0.25) is 0 Å². The Bertz CT molecular complexity index is 548. The maximum absolute atomic E-state index is 4.51. The van der Waals surface area contributed by atoms with Gasteiger partial charge in [-0.3, -0.25) is 4.98 Å². The first-order chi connectivity index (χ1) is 8.75. The Morgan fingerprint density at radius 3 is 2.89 bits per heavy atom. The fourth-order valence-corrected chi connectivity index (χ4v) is 2.79. The van der Waals surface area contributed by atoms with Crippen LogP contribution in [0.3, 0.4) is 0 Å². The minimum absolute atomic E-state index is 0.403. The molecule has 0 fully saturated rings. The molecule has 0 amide bonds. The number of rotatable bonds is 1. The highest BCUT2D eigenvalue weighted by Gasteiger charge is 2.25. The molecule has 0 unspecified atom stereocenters. The number of hydrogen-bond donors (Lipinski definition) is 0. The summed E-state index contributed by atoms with van der Waals surface area (Å²) in [6.07, 6.45) is 4.17. The van der Waals surface area contributed by atoms with E-state index < -0.39 is 0 Å². The average Bonchev–Trinajstić information content (AvgIpc) is 2.41. The number of fused-ring (bicyclic) bond motifs is 1. The minimum atomic E-state index is 0.403. The fourth-order valence-electron chi connectivity index (χ4n) is 2.79. The molecule has 0 bridgehead atoms. The van der Waals surface area contributed by atoms with Gasteiger partial charge in [-0.05, 0) is 49.1 Å². The first kappa shape index (κ1) is 11.3. The van der Waals surface area contributed by atoms with E-state index in [9.17, 15) is 0 Å². The van der Waals surface area contributed by atoms with Crippen LogP contribution in [0, 0.1) is 6.92 Å². The Balaban J connectivity index is 1.99. The number of aromatic nitrogens is 1. The molecule has 0 spiro atoms. The standard InChI is InChI=1S/C16H18N2/c1-12-6-7-13-8-9-15(18(2)16(13)11-12)14-5-3-4-10-17-14/h3-7,10-11,15H,8-9H2,1-2H3/t15-/m0/s1. The van der Waals surface area contributed by atoms with E-state index >= 15 is 0 Å². The summed E-state index contributed by atoms with van der Waals surface area (Å²) in [6.45, 7) is 2.15. The minimum Gasteiger partial charge on any atom is -0.366 e. The monoisotopic (exact) mass is 238 g/mol. The van der Waals surface area contributed by atoms with Crippen LogP contribution >= 0.6 is 0 Å². The van der Waals surface area contributed by atoms with Crippen molar-refractivity contribution in [3.05, 3.63) is 59.4 Å². The molecule has 0 saturated heterocycles. The lowest BCUT2D eigenvalue weighted by Gasteiger charge is -2.36. The Hall–Kier alpha value is -1.83. The topological polar surface area (TPSA) is 16.1 Å². The lowest BCUT2D eigenvalue weighted by Crippen LogP contribution is -2.30. The molecule has 1 atom stereocenters. The summed E-state index contributed by atoms with van der Waals surface area (Å²) in [5.74, 6) is 0. The number of nitrogens with zero attached hydrogens (tertiary/aromatic N) is 2. The van der Waals surface area contributed by atoms with E-state index in [-0.39, 0.29) is 0 Å². The van der Waals surface area contributed by atoms with E-state index in [1.165, 1.54) is 22.5 Å². The van der Waals surface area contributed by atoms with Crippen LogP contribution in [0.4, 0.5) is 5.69 Å². The Morgan fingerprint density at radius 1 is 1.22 bits per heavy atom. The number of aryl methyl sites for hydroxylation is 2. The molecule has 0 N–H and O–H groups in total. The molecule has 2 heterocycles. The number of pyridine rings is 1. The molecule has 2 nitrogen and oxygen atoms in total. The van der Waals surface area contributed by atoms with Crippen LogP contribution in [0.1, 0.15) is 29.3 Å². The molecule has 0 saturated carbocycles. The van der Waals surface area contributed by atoms with Crippen molar-refractivity contribution in [1.82, 2.24) is 4.98 Å². The predicted molar refractivity (Wildman–Crippen MR) is 74.9 cm³/mol. The van der Waals surface area contributed by atoms with Crippen molar-refractivity contribution in [3.63, 3.8) is 0 Å². The predicted octanol–water partition coefficient (Wildman–Crippen LogP) is 3.51. The van der Waals surface area contributed by atoms with Crippen LogP contribution in [-0.2, 0) is 6.42 Å². The van der Waals surface area contributed by atoms with Gasteiger partial charge in [0.1, 0.15) is 0 Å². The molecule has 1 aliphatic rings. The molecular formula is C16H18N2. The highest BCUT2D eigenvalue weighted by atomic mass is 15.2. The number of anilines is 1. The Labute approximate surface area is 108 Å². The highest BCUT2D eigenvalue weighted by molar-refractivity contribution is 5.58. The molecule has 1 aromatic carbocycles. The lowest BCUT2D eigenvalue weighted by atomic mass is 9.93. The van der Waals surface area contributed by atoms with Crippen molar-refractivity contribution < 1.29 is 0 Å². The Kier molecular flexibility index (Phi) is 2.78. The maximum Gasteiger partial charge on any atom is 0.0713 e. The van der Waals surface area contributed by atoms with Gasteiger partial charge in [0.25, 0.3) is 0 Å². The van der Waals surface area contributed by atoms with Gasteiger partial charge in [0, 0.05) is 18.9 Å². The summed E-state index contributed by atoms with van der Waals surface area (Å²) in [6, 6.07) is 13.3. The molecule has 1 aliphatic heterocycles. The third-order valence-corrected chi connectivity index (χ3v) is 3.80. The molecule has 18 heavy (non-hydrogen) atoms. The SMILES string of the molecule is Cc1ccc2c(c1)N(C)[C@H](c1ccccn1)CC2. The molecule has 1 aromatic heterocycles. The van der Waals surface area contributed by atoms with Crippen LogP contribution in [-0.4, -0.2) is 12.0 Å². The third kappa shape index (κ3) is 1.88. The molecule has 0 aliphatic carbocycles. The average molecular weight is 238 g/mol. The summed E-state index contributed by atoms with van der Waals surface area (Å²) in [7, 11) is 2.18. The van der Waals surface area contributed by atoms with Gasteiger partial charge in [-0.2, -0.15) is 0 Å². The zero-order valence-electron chi connectivity index (χ0n) is 10.9. The van der Waals surface area contributed by atoms with Crippen molar-refractivity contribution in [2.24, 2.45) is 0 Å². The van der Waals surface area contributed by atoms with Gasteiger partial charge in [0.05, 0.1) is 11.7 Å². The van der Waals surface area contributed by atoms with Crippen molar-refractivity contribution in [2.45, 2.75) is 25.8 Å². The quantitative estimate of drug-likeness (QED) is 0.755. The Morgan fingerprint density at radius 2 is 2.11 bits per heavy atom. The normalized spacial score (nSPS) is 18.6. The van der Waals surface area contributed by atoms with Crippen LogP contribution in [0.5, 0.6) is 0 Å². The van der Waals surface area contributed by atoms with Gasteiger partial charge in [-0.15, -0.1) is 0 Å². The van der Waals surface area contributed by atoms with Crippen LogP contribution < -0.4 is 4.90 Å². The lowest BCUT2D eigenvalue weighted by molar-refractivity contribution is 0.570. The van der Waals surface area contributed by atoms with Crippen molar-refractivity contribution in [3.8, 4) is 0 Å². The van der Waals surface area contributed by atoms with Crippen molar-refractivity contribution >= 4 is 5.69 Å². The van der Waals surface area contributed by atoms with Crippen LogP contribution in [0.15, 0.2) is 42.6 Å². The fraction of sp³-hybridized carbons (Fsp3) is 0.312. The van der Waals surface area contributed by atoms with E-state index in [0.717, 1.165) is 12.8 Å². The van der Waals surface area contributed by atoms with E-state index in [1.807, 2.05) is 12.3 Å². The van der Waals surface area contributed by atoms with Gasteiger partial charge in [-0.25, -0.2) is 0 Å². The molecule has 2 heteroatoms. The largest absolute Gasteiger partial charge is 0.366 e. The van der Waals surface area contributed by atoms with Gasteiger partial charge >= 0.3 is 0 Å². The van der Waals surface area contributed by atoms with Gasteiger partial charge in [-0.1, -0.05) is 18.2 Å². The second-order valence-corrected chi connectivity index (χ2v) is 5.05. The summed E-state index contributed by atoms with van der Waals surface area (Å²) >= 11 is 0. The van der Waals surface area contributed by atoms with Gasteiger partial charge in [0.15, 0.2) is 0 Å². The molecule has 3 rings (SSSR count). The zero-order valence-corrected chi connectivity index (χ0v) is 10.9. The smallest absolute Gasteiger partial charge is 0.0713 e. The maximum atomic E-state index is 4.51. The third-order valence-electron chi connectivity index (χ3n) is 3.80. The molecule has 2 aromatic rings. The zero-order chi connectivity index (χ0) is 12.5. The number of hydrogen-bond acceptors (Lipinski definition) is 2. The summed E-state index contributed by atoms with van der Waals surface area (Å²) in [4.78, 5) is 6.88. The van der Waals surface area contributed by atoms with E-state index in [4.69, 9.17) is 0 Å². The molecule has 0 radical (unpaired) electrons. The second-order valence-electron chi connectivity index (χ2n) is 5.05. The summed E-state index contributed by atoms with van der Waals surface area (Å²) in [5.41, 5.74) is 5.31. The van der Waals surface area contributed by atoms with Crippen LogP contribution in [0.25, 0.3) is 0 Å². The highest BCUT2D eigenvalue weighted by Crippen LogP contribution is 2.36.